The van der Waals surface area contributed by atoms with Gasteiger partial charge in [-0.15, -0.1) is 0 Å². The second-order valence-corrected chi connectivity index (χ2v) is 6.23. The fourth-order valence-electron chi connectivity index (χ4n) is 3.06. The van der Waals surface area contributed by atoms with E-state index in [1.165, 1.54) is 38.9 Å². The van der Waals surface area contributed by atoms with E-state index in [0.717, 1.165) is 18.6 Å². The smallest absolute Gasteiger partial charge is 0.124 e. The van der Waals surface area contributed by atoms with E-state index >= 15 is 0 Å². The second kappa shape index (κ2) is 21.3. The summed E-state index contributed by atoms with van der Waals surface area (Å²) in [5, 5.41) is 7.00. The Labute approximate surface area is 214 Å². The van der Waals surface area contributed by atoms with E-state index < -0.39 is 0 Å². The van der Waals surface area contributed by atoms with Gasteiger partial charge >= 0.3 is 0 Å². The van der Waals surface area contributed by atoms with Crippen LogP contribution in [0.2, 0.25) is 0 Å². The van der Waals surface area contributed by atoms with Gasteiger partial charge in [0.2, 0.25) is 0 Å². The van der Waals surface area contributed by atoms with Crippen molar-refractivity contribution in [2.75, 3.05) is 21.3 Å². The van der Waals surface area contributed by atoms with Crippen LogP contribution in [0.1, 0.15) is 61.2 Å². The van der Waals surface area contributed by atoms with Crippen LogP contribution in [-0.4, -0.2) is 26.4 Å². The van der Waals surface area contributed by atoms with E-state index in [1.54, 1.807) is 14.2 Å². The average Bonchev–Trinajstić information content (AvgIpc) is 2.55. The molecule has 0 aliphatic rings. The van der Waals surface area contributed by atoms with Gasteiger partial charge in [0.25, 0.3) is 0 Å². The maximum Gasteiger partial charge on any atom is 0.124 e. The van der Waals surface area contributed by atoms with E-state index in [9.17, 15) is 0 Å². The number of hydrogen-bond acceptors (Lipinski definition) is 3. The van der Waals surface area contributed by atoms with Gasteiger partial charge < -0.3 is 22.0 Å². The van der Waals surface area contributed by atoms with Crippen molar-refractivity contribution in [3.05, 3.63) is 64.6 Å². The molecule has 4 heteroatoms. The molecule has 0 saturated heterocycles. The molecule has 0 bridgehead atoms. The molecule has 0 aliphatic carbocycles. The molecule has 0 spiro atoms. The van der Waals surface area contributed by atoms with Crippen LogP contribution in [0.25, 0.3) is 0 Å². The van der Waals surface area contributed by atoms with Crippen molar-refractivity contribution in [3.8, 4) is 11.5 Å². The normalized spacial score (nSPS) is 7.83. The van der Waals surface area contributed by atoms with Gasteiger partial charge in [-0.1, -0.05) is 46.0 Å². The van der Waals surface area contributed by atoms with Crippen LogP contribution in [-0.2, 0) is 32.7 Å². The van der Waals surface area contributed by atoms with Gasteiger partial charge in [0.15, 0.2) is 0 Å². The predicted octanol–water partition coefficient (Wildman–Crippen LogP) is 7.51. The zero-order chi connectivity index (χ0) is 19.7. The average molecular weight is 499 g/mol. The molecule has 2 aromatic carbocycles. The van der Waals surface area contributed by atoms with Gasteiger partial charge in [-0.05, 0) is 81.8 Å². The number of ether oxygens (including phenoxy) is 2. The molecule has 2 aromatic rings. The Balaban J connectivity index is -0.0000000769. The molecular formula is C26H49O3Y-. The second-order valence-electron chi connectivity index (χ2n) is 6.23. The third-order valence-corrected chi connectivity index (χ3v) is 4.30. The van der Waals surface area contributed by atoms with Crippen molar-refractivity contribution in [3.63, 3.8) is 0 Å². The van der Waals surface area contributed by atoms with Crippen LogP contribution in [0.4, 0.5) is 0 Å². The number of aliphatic hydroxyl groups excluding tert-OH is 1. The van der Waals surface area contributed by atoms with Crippen molar-refractivity contribution < 1.29 is 47.3 Å². The van der Waals surface area contributed by atoms with Crippen molar-refractivity contribution in [1.29, 1.82) is 0 Å². The molecule has 3 nitrogen and oxygen atoms in total. The SMILES string of the molecule is C.C.C.CO.COc1c(C)cc(C)c(C)c1C.COc1c(C)cc(C)cc1C.[CH3-].[Y]. The number of benzene rings is 2. The molecule has 0 amide bonds. The maximum absolute atomic E-state index is 7.00. The van der Waals surface area contributed by atoms with Crippen LogP contribution < -0.4 is 9.47 Å². The zero-order valence-corrected chi connectivity index (χ0v) is 21.9. The molecule has 0 saturated carbocycles. The summed E-state index contributed by atoms with van der Waals surface area (Å²) in [6, 6.07) is 6.43. The van der Waals surface area contributed by atoms with Gasteiger partial charge in [0, 0.05) is 39.8 Å². The Morgan fingerprint density at radius 1 is 0.567 bits per heavy atom. The van der Waals surface area contributed by atoms with Crippen LogP contribution in [0, 0.1) is 55.9 Å². The molecule has 175 valence electrons. The van der Waals surface area contributed by atoms with E-state index in [-0.39, 0.29) is 62.4 Å². The Kier molecular flexibility index (Phi) is 30.6. The molecule has 0 fully saturated rings. The topological polar surface area (TPSA) is 38.7 Å². The number of aliphatic hydroxyl groups is 1. The third-order valence-electron chi connectivity index (χ3n) is 4.30. The van der Waals surface area contributed by atoms with Gasteiger partial charge in [-0.25, -0.2) is 0 Å². The minimum Gasteiger partial charge on any atom is -0.496 e. The quantitative estimate of drug-likeness (QED) is 0.436. The van der Waals surface area contributed by atoms with Crippen molar-refractivity contribution in [1.82, 2.24) is 0 Å². The molecule has 1 N–H and O–H groups in total. The Morgan fingerprint density at radius 3 is 1.23 bits per heavy atom. The minimum atomic E-state index is 0. The van der Waals surface area contributed by atoms with E-state index in [2.05, 4.69) is 66.7 Å². The molecule has 0 aliphatic heterocycles. The standard InChI is InChI=1S/C11H16O.C10H14O.CH4O.3CH4.CH3.Y/c1-7-6-8(2)11(12-5)10(4)9(7)3;1-7-5-8(2)10(11-4)9(3)6-7;1-2;;;;;/h6H,1-5H3;5-6H,1-4H3;2H,1H3;3*1H4;1H3;/q;;;;;;-1;. The first kappa shape index (κ1) is 43.1. The number of rotatable bonds is 2. The summed E-state index contributed by atoms with van der Waals surface area (Å²) in [4.78, 5) is 0. The van der Waals surface area contributed by atoms with Gasteiger partial charge in [0.1, 0.15) is 11.5 Å². The predicted molar refractivity (Wildman–Crippen MR) is 134 cm³/mol. The molecule has 0 atom stereocenters. The van der Waals surface area contributed by atoms with Crippen LogP contribution in [0.5, 0.6) is 11.5 Å². The van der Waals surface area contributed by atoms with Crippen molar-refractivity contribution >= 4 is 0 Å². The Morgan fingerprint density at radius 2 is 0.900 bits per heavy atom. The van der Waals surface area contributed by atoms with Crippen LogP contribution >= 0.6 is 0 Å². The Bertz CT molecular complexity index is 672. The van der Waals surface area contributed by atoms with Gasteiger partial charge in [-0.3, -0.25) is 0 Å². The minimum absolute atomic E-state index is 0. The summed E-state index contributed by atoms with van der Waals surface area (Å²) in [6.45, 7) is 14.7. The molecule has 0 aromatic heterocycles. The van der Waals surface area contributed by atoms with Gasteiger partial charge in [-0.2, -0.15) is 0 Å². The monoisotopic (exact) mass is 498 g/mol. The summed E-state index contributed by atoms with van der Waals surface area (Å²) < 4.78 is 10.5. The first-order valence-corrected chi connectivity index (χ1v) is 8.40. The first-order chi connectivity index (χ1) is 11.7. The van der Waals surface area contributed by atoms with Crippen molar-refractivity contribution in [2.45, 2.75) is 70.7 Å². The van der Waals surface area contributed by atoms with Crippen LogP contribution in [0.15, 0.2) is 18.2 Å². The summed E-state index contributed by atoms with van der Waals surface area (Å²) in [7, 11) is 4.44. The first-order valence-electron chi connectivity index (χ1n) is 8.40. The molecular weight excluding hydrogens is 449 g/mol. The molecule has 1 radical (unpaired) electrons. The summed E-state index contributed by atoms with van der Waals surface area (Å²) in [5.41, 5.74) is 8.87. The number of aryl methyl sites for hydroxylation is 5. The van der Waals surface area contributed by atoms with E-state index in [0.29, 0.717) is 0 Å². The molecule has 0 unspecified atom stereocenters. The number of hydrogen-bond donors (Lipinski definition) is 1. The number of methoxy groups -OCH3 is 2. The summed E-state index contributed by atoms with van der Waals surface area (Å²) >= 11 is 0. The fraction of sp³-hybridized carbons (Fsp3) is 0.500. The van der Waals surface area contributed by atoms with Crippen molar-refractivity contribution in [2.24, 2.45) is 0 Å². The zero-order valence-electron chi connectivity index (χ0n) is 19.1. The molecule has 30 heavy (non-hydrogen) atoms. The molecule has 0 heterocycles. The van der Waals surface area contributed by atoms with E-state index in [4.69, 9.17) is 14.6 Å². The molecule has 2 rings (SSSR count). The summed E-state index contributed by atoms with van der Waals surface area (Å²) in [5.74, 6) is 2.04. The van der Waals surface area contributed by atoms with Crippen LogP contribution in [0.3, 0.4) is 0 Å². The summed E-state index contributed by atoms with van der Waals surface area (Å²) in [6.07, 6.45) is 0. The Hall–Kier alpha value is -0.896. The maximum atomic E-state index is 7.00. The van der Waals surface area contributed by atoms with Gasteiger partial charge in [0.05, 0.1) is 14.2 Å². The fourth-order valence-corrected chi connectivity index (χ4v) is 3.06. The van der Waals surface area contributed by atoms with E-state index in [1.807, 2.05) is 0 Å². The third kappa shape index (κ3) is 12.1. The largest absolute Gasteiger partial charge is 0.496 e.